The lowest BCUT2D eigenvalue weighted by Gasteiger charge is -1.99. The van der Waals surface area contributed by atoms with Gasteiger partial charge in [-0.25, -0.2) is 0 Å². The predicted molar refractivity (Wildman–Crippen MR) is 36.4 cm³/mol. The highest BCUT2D eigenvalue weighted by atomic mass is 14.7. The maximum atomic E-state index is 4.16. The van der Waals surface area contributed by atoms with Crippen LogP contribution in [-0.4, -0.2) is 12.8 Å². The van der Waals surface area contributed by atoms with Crippen molar-refractivity contribution >= 4 is 6.21 Å². The fraction of sp³-hybridized carbons (Fsp3) is 0.857. The van der Waals surface area contributed by atoms with Gasteiger partial charge in [0.05, 0.1) is 0 Å². The van der Waals surface area contributed by atoms with Crippen LogP contribution in [0.4, 0.5) is 0 Å². The molecule has 1 heterocycles. The second-order valence-electron chi connectivity index (χ2n) is 2.39. The van der Waals surface area contributed by atoms with Gasteiger partial charge in [0.2, 0.25) is 0 Å². The molecule has 0 spiro atoms. The summed E-state index contributed by atoms with van der Waals surface area (Å²) in [5.74, 6) is 0.819. The molecule has 0 N–H and O–H groups in total. The molecule has 1 nitrogen and oxygen atoms in total. The summed E-state index contributed by atoms with van der Waals surface area (Å²) in [5.41, 5.74) is 0. The predicted octanol–water partition coefficient (Wildman–Crippen LogP) is 1.88. The molecule has 0 fully saturated rings. The molecule has 0 bridgehead atoms. The van der Waals surface area contributed by atoms with Crippen molar-refractivity contribution in [2.24, 2.45) is 10.9 Å². The first-order valence-corrected chi connectivity index (χ1v) is 3.43. The molecule has 8 heavy (non-hydrogen) atoms. The molecular formula is C7H13N. The van der Waals surface area contributed by atoms with Crippen LogP contribution in [0.2, 0.25) is 0 Å². The number of nitrogens with zero attached hydrogens (tertiary/aromatic N) is 1. The zero-order chi connectivity index (χ0) is 5.82. The molecule has 0 radical (unpaired) electrons. The monoisotopic (exact) mass is 111 g/mol. The van der Waals surface area contributed by atoms with E-state index in [4.69, 9.17) is 0 Å². The standard InChI is InChI=1S/C7H13N/c1-2-3-7-4-5-8-6-7/h6-7H,2-5H2,1H3. The number of aliphatic imine (C=N–C) groups is 1. The van der Waals surface area contributed by atoms with Gasteiger partial charge in [-0.05, 0) is 18.8 Å². The Morgan fingerprint density at radius 3 is 3.12 bits per heavy atom. The van der Waals surface area contributed by atoms with Crippen molar-refractivity contribution in [3.63, 3.8) is 0 Å². The summed E-state index contributed by atoms with van der Waals surface area (Å²) in [6.07, 6.45) is 6.05. The molecule has 0 aromatic carbocycles. The van der Waals surface area contributed by atoms with E-state index < -0.39 is 0 Å². The van der Waals surface area contributed by atoms with Crippen LogP contribution < -0.4 is 0 Å². The summed E-state index contributed by atoms with van der Waals surface area (Å²) >= 11 is 0. The molecule has 1 rings (SSSR count). The Kier molecular flexibility index (Phi) is 2.07. The molecule has 1 aliphatic heterocycles. The number of hydrogen-bond donors (Lipinski definition) is 0. The fourth-order valence-corrected chi connectivity index (χ4v) is 1.13. The third-order valence-corrected chi connectivity index (χ3v) is 1.60. The average Bonchev–Trinajstić information content (AvgIpc) is 2.19. The van der Waals surface area contributed by atoms with Gasteiger partial charge in [-0.3, -0.25) is 4.99 Å². The topological polar surface area (TPSA) is 12.4 Å². The van der Waals surface area contributed by atoms with Crippen LogP contribution in [0.3, 0.4) is 0 Å². The molecule has 0 amide bonds. The lowest BCUT2D eigenvalue weighted by atomic mass is 10.0. The van der Waals surface area contributed by atoms with Gasteiger partial charge in [-0.1, -0.05) is 13.3 Å². The van der Waals surface area contributed by atoms with Crippen molar-refractivity contribution in [1.29, 1.82) is 0 Å². The zero-order valence-electron chi connectivity index (χ0n) is 5.43. The first-order chi connectivity index (χ1) is 3.93. The molecule has 1 aliphatic rings. The van der Waals surface area contributed by atoms with Gasteiger partial charge < -0.3 is 0 Å². The minimum atomic E-state index is 0.819. The second-order valence-corrected chi connectivity index (χ2v) is 2.39. The fourth-order valence-electron chi connectivity index (χ4n) is 1.13. The molecule has 0 aromatic rings. The van der Waals surface area contributed by atoms with Gasteiger partial charge in [-0.2, -0.15) is 0 Å². The van der Waals surface area contributed by atoms with Crippen LogP contribution in [0.5, 0.6) is 0 Å². The molecule has 0 aromatic heterocycles. The van der Waals surface area contributed by atoms with Crippen molar-refractivity contribution < 1.29 is 0 Å². The van der Waals surface area contributed by atoms with Gasteiger partial charge in [0.15, 0.2) is 0 Å². The van der Waals surface area contributed by atoms with Crippen LogP contribution in [-0.2, 0) is 0 Å². The SMILES string of the molecule is CCCC1C=NCC1. The van der Waals surface area contributed by atoms with E-state index >= 15 is 0 Å². The van der Waals surface area contributed by atoms with E-state index in [1.807, 2.05) is 0 Å². The van der Waals surface area contributed by atoms with E-state index in [1.54, 1.807) is 0 Å². The van der Waals surface area contributed by atoms with Gasteiger partial charge in [0.25, 0.3) is 0 Å². The van der Waals surface area contributed by atoms with E-state index in [2.05, 4.69) is 18.1 Å². The van der Waals surface area contributed by atoms with Crippen LogP contribution in [0.25, 0.3) is 0 Å². The van der Waals surface area contributed by atoms with E-state index in [-0.39, 0.29) is 0 Å². The summed E-state index contributed by atoms with van der Waals surface area (Å²) in [5, 5.41) is 0. The Morgan fingerprint density at radius 2 is 2.62 bits per heavy atom. The third-order valence-electron chi connectivity index (χ3n) is 1.60. The number of rotatable bonds is 2. The molecule has 1 unspecified atom stereocenters. The maximum absolute atomic E-state index is 4.16. The summed E-state index contributed by atoms with van der Waals surface area (Å²) in [4.78, 5) is 4.16. The van der Waals surface area contributed by atoms with Crippen molar-refractivity contribution in [2.45, 2.75) is 26.2 Å². The molecule has 0 saturated carbocycles. The highest BCUT2D eigenvalue weighted by molar-refractivity contribution is 5.62. The smallest absolute Gasteiger partial charge is 0.0391 e. The lowest BCUT2D eigenvalue weighted by molar-refractivity contribution is 0.613. The van der Waals surface area contributed by atoms with E-state index in [9.17, 15) is 0 Å². The molecular weight excluding hydrogens is 98.1 g/mol. The molecule has 0 aliphatic carbocycles. The second kappa shape index (κ2) is 2.85. The first-order valence-electron chi connectivity index (χ1n) is 3.43. The summed E-state index contributed by atoms with van der Waals surface area (Å²) in [6.45, 7) is 3.30. The van der Waals surface area contributed by atoms with Crippen LogP contribution >= 0.6 is 0 Å². The molecule has 0 saturated heterocycles. The van der Waals surface area contributed by atoms with Crippen molar-refractivity contribution in [3.8, 4) is 0 Å². The summed E-state index contributed by atoms with van der Waals surface area (Å²) in [7, 11) is 0. The normalized spacial score (nSPS) is 26.9. The van der Waals surface area contributed by atoms with Crippen LogP contribution in [0.15, 0.2) is 4.99 Å². The molecule has 1 atom stereocenters. The first kappa shape index (κ1) is 5.80. The van der Waals surface area contributed by atoms with Gasteiger partial charge >= 0.3 is 0 Å². The Bertz CT molecular complexity index is 86.4. The highest BCUT2D eigenvalue weighted by Crippen LogP contribution is 2.12. The zero-order valence-corrected chi connectivity index (χ0v) is 5.43. The van der Waals surface area contributed by atoms with Crippen LogP contribution in [0.1, 0.15) is 26.2 Å². The van der Waals surface area contributed by atoms with Gasteiger partial charge in [-0.15, -0.1) is 0 Å². The molecule has 46 valence electrons. The van der Waals surface area contributed by atoms with Gasteiger partial charge in [0, 0.05) is 12.8 Å². The van der Waals surface area contributed by atoms with Crippen LogP contribution in [0, 0.1) is 5.92 Å². The van der Waals surface area contributed by atoms with E-state index in [0.29, 0.717) is 0 Å². The summed E-state index contributed by atoms with van der Waals surface area (Å²) < 4.78 is 0. The van der Waals surface area contributed by atoms with Crippen molar-refractivity contribution in [2.75, 3.05) is 6.54 Å². The third kappa shape index (κ3) is 1.32. The Hall–Kier alpha value is -0.330. The minimum Gasteiger partial charge on any atom is -0.297 e. The largest absolute Gasteiger partial charge is 0.297 e. The number of hydrogen-bond acceptors (Lipinski definition) is 1. The van der Waals surface area contributed by atoms with Crippen molar-refractivity contribution in [3.05, 3.63) is 0 Å². The average molecular weight is 111 g/mol. The summed E-state index contributed by atoms with van der Waals surface area (Å²) in [6, 6.07) is 0. The quantitative estimate of drug-likeness (QED) is 0.516. The van der Waals surface area contributed by atoms with E-state index in [1.165, 1.54) is 19.3 Å². The van der Waals surface area contributed by atoms with E-state index in [0.717, 1.165) is 12.5 Å². The van der Waals surface area contributed by atoms with Crippen molar-refractivity contribution in [1.82, 2.24) is 0 Å². The maximum Gasteiger partial charge on any atom is 0.0391 e. The lowest BCUT2D eigenvalue weighted by Crippen LogP contribution is -1.94. The highest BCUT2D eigenvalue weighted by Gasteiger charge is 2.07. The Balaban J connectivity index is 2.16. The Labute approximate surface area is 50.8 Å². The molecule has 1 heteroatoms. The minimum absolute atomic E-state index is 0.819. The van der Waals surface area contributed by atoms with Gasteiger partial charge in [0.1, 0.15) is 0 Å². The Morgan fingerprint density at radius 1 is 1.75 bits per heavy atom.